The van der Waals surface area contributed by atoms with Crippen LogP contribution in [0.3, 0.4) is 0 Å². The number of nitrogen functional groups attached to an aromatic ring is 1. The molecule has 0 fully saturated rings. The van der Waals surface area contributed by atoms with Crippen LogP contribution in [0.1, 0.15) is 24.8 Å². The van der Waals surface area contributed by atoms with Gasteiger partial charge in [0.05, 0.1) is 24.5 Å². The third kappa shape index (κ3) is 3.20. The average molecular weight is 276 g/mol. The van der Waals surface area contributed by atoms with Crippen LogP contribution in [0, 0.1) is 5.92 Å². The van der Waals surface area contributed by atoms with Gasteiger partial charge in [-0.2, -0.15) is 0 Å². The number of hydrogen-bond acceptors (Lipinski definition) is 4. The molecule has 0 spiro atoms. The molecule has 1 aromatic heterocycles. The summed E-state index contributed by atoms with van der Waals surface area (Å²) in [4.78, 5) is 1.32. The van der Waals surface area contributed by atoms with Crippen LogP contribution in [-0.4, -0.2) is 7.11 Å². The van der Waals surface area contributed by atoms with E-state index in [1.165, 1.54) is 4.88 Å². The molecule has 102 valence electrons. The number of benzene rings is 1. The lowest BCUT2D eigenvalue weighted by atomic mass is 10.0. The first-order valence-electron chi connectivity index (χ1n) is 6.35. The number of methoxy groups -OCH3 is 1. The summed E-state index contributed by atoms with van der Waals surface area (Å²) in [5.74, 6) is 1.29. The summed E-state index contributed by atoms with van der Waals surface area (Å²) in [5.41, 5.74) is 7.69. The van der Waals surface area contributed by atoms with Crippen LogP contribution in [-0.2, 0) is 0 Å². The average Bonchev–Trinajstić information content (AvgIpc) is 2.91. The zero-order chi connectivity index (χ0) is 13.8. The van der Waals surface area contributed by atoms with E-state index in [1.54, 1.807) is 18.4 Å². The lowest BCUT2D eigenvalue weighted by Crippen LogP contribution is -2.16. The van der Waals surface area contributed by atoms with Crippen LogP contribution < -0.4 is 15.8 Å². The van der Waals surface area contributed by atoms with Gasteiger partial charge >= 0.3 is 0 Å². The van der Waals surface area contributed by atoms with Crippen molar-refractivity contribution in [3.8, 4) is 5.75 Å². The van der Waals surface area contributed by atoms with Crippen LogP contribution in [0.15, 0.2) is 35.7 Å². The van der Waals surface area contributed by atoms with Crippen molar-refractivity contribution in [1.82, 2.24) is 0 Å². The van der Waals surface area contributed by atoms with Gasteiger partial charge in [-0.15, -0.1) is 11.3 Å². The van der Waals surface area contributed by atoms with Gasteiger partial charge in [0.15, 0.2) is 0 Å². The highest BCUT2D eigenvalue weighted by atomic mass is 32.1. The quantitative estimate of drug-likeness (QED) is 0.807. The molecule has 0 radical (unpaired) electrons. The molecule has 2 aromatic rings. The predicted molar refractivity (Wildman–Crippen MR) is 82.9 cm³/mol. The van der Waals surface area contributed by atoms with Crippen molar-refractivity contribution in [3.63, 3.8) is 0 Å². The minimum absolute atomic E-state index is 0.259. The van der Waals surface area contributed by atoms with E-state index in [9.17, 15) is 0 Å². The van der Waals surface area contributed by atoms with E-state index in [2.05, 4.69) is 36.7 Å². The Morgan fingerprint density at radius 1 is 1.26 bits per heavy atom. The molecule has 0 aliphatic rings. The fourth-order valence-electron chi connectivity index (χ4n) is 1.99. The van der Waals surface area contributed by atoms with Crippen molar-refractivity contribution in [2.75, 3.05) is 18.2 Å². The molecule has 1 atom stereocenters. The van der Waals surface area contributed by atoms with Gasteiger partial charge in [0.2, 0.25) is 0 Å². The molecule has 1 aromatic carbocycles. The Kier molecular flexibility index (Phi) is 4.32. The smallest absolute Gasteiger partial charge is 0.121 e. The molecule has 0 aliphatic heterocycles. The van der Waals surface area contributed by atoms with Gasteiger partial charge in [-0.1, -0.05) is 19.9 Å². The number of thiophene rings is 1. The molecule has 3 nitrogen and oxygen atoms in total. The SMILES string of the molecule is COc1ccc(N)c(NC(c2cccs2)C(C)C)c1. The van der Waals surface area contributed by atoms with Crippen molar-refractivity contribution in [2.45, 2.75) is 19.9 Å². The standard InChI is InChI=1S/C15H20N2OS/c1-10(2)15(14-5-4-8-19-14)17-13-9-11(18-3)6-7-12(13)16/h4-10,15,17H,16H2,1-3H3. The predicted octanol–water partition coefficient (Wildman–Crippen LogP) is 4.15. The maximum absolute atomic E-state index is 6.03. The number of ether oxygens (including phenoxy) is 1. The summed E-state index contributed by atoms with van der Waals surface area (Å²) in [6.45, 7) is 4.40. The molecule has 2 rings (SSSR count). The molecule has 1 heterocycles. The molecule has 0 aliphatic carbocycles. The normalized spacial score (nSPS) is 12.4. The second-order valence-electron chi connectivity index (χ2n) is 4.83. The third-order valence-corrected chi connectivity index (χ3v) is 4.04. The molecule has 1 unspecified atom stereocenters. The highest BCUT2D eigenvalue weighted by Gasteiger charge is 2.17. The van der Waals surface area contributed by atoms with E-state index < -0.39 is 0 Å². The van der Waals surface area contributed by atoms with E-state index in [-0.39, 0.29) is 6.04 Å². The summed E-state index contributed by atoms with van der Waals surface area (Å²) in [7, 11) is 1.66. The molecule has 19 heavy (non-hydrogen) atoms. The maximum atomic E-state index is 6.03. The second kappa shape index (κ2) is 5.97. The Labute approximate surface area is 118 Å². The first-order valence-corrected chi connectivity index (χ1v) is 7.23. The van der Waals surface area contributed by atoms with Crippen LogP contribution in [0.4, 0.5) is 11.4 Å². The van der Waals surface area contributed by atoms with Crippen LogP contribution in [0.2, 0.25) is 0 Å². The Bertz CT molecular complexity index is 523. The molecule has 3 N–H and O–H groups in total. The van der Waals surface area contributed by atoms with E-state index >= 15 is 0 Å². The summed E-state index contributed by atoms with van der Waals surface area (Å²) in [6, 6.07) is 10.2. The Morgan fingerprint density at radius 2 is 2.05 bits per heavy atom. The van der Waals surface area contributed by atoms with E-state index in [0.717, 1.165) is 17.1 Å². The Morgan fingerprint density at radius 3 is 2.63 bits per heavy atom. The van der Waals surface area contributed by atoms with Crippen molar-refractivity contribution >= 4 is 22.7 Å². The van der Waals surface area contributed by atoms with E-state index in [4.69, 9.17) is 10.5 Å². The lowest BCUT2D eigenvalue weighted by molar-refractivity contribution is 0.415. The van der Waals surface area contributed by atoms with E-state index in [1.807, 2.05) is 18.2 Å². The largest absolute Gasteiger partial charge is 0.497 e. The molecular formula is C15H20N2OS. The fraction of sp³-hybridized carbons (Fsp3) is 0.333. The third-order valence-electron chi connectivity index (χ3n) is 3.09. The van der Waals surface area contributed by atoms with Gasteiger partial charge < -0.3 is 15.8 Å². The molecular weight excluding hydrogens is 256 g/mol. The fourth-order valence-corrected chi connectivity index (χ4v) is 2.94. The van der Waals surface area contributed by atoms with E-state index in [0.29, 0.717) is 5.92 Å². The van der Waals surface area contributed by atoms with Crippen LogP contribution >= 0.6 is 11.3 Å². The number of rotatable bonds is 5. The van der Waals surface area contributed by atoms with Gasteiger partial charge in [0.1, 0.15) is 5.75 Å². The number of nitrogens with one attached hydrogen (secondary N) is 1. The first-order chi connectivity index (χ1) is 9.11. The van der Waals surface area contributed by atoms with Crippen molar-refractivity contribution in [3.05, 3.63) is 40.6 Å². The zero-order valence-corrected chi connectivity index (χ0v) is 12.3. The Balaban J connectivity index is 2.27. The summed E-state index contributed by atoms with van der Waals surface area (Å²) >= 11 is 1.76. The lowest BCUT2D eigenvalue weighted by Gasteiger charge is -2.23. The number of anilines is 2. The summed E-state index contributed by atoms with van der Waals surface area (Å²) < 4.78 is 5.25. The molecule has 0 bridgehead atoms. The Hall–Kier alpha value is -1.68. The van der Waals surface area contributed by atoms with Crippen LogP contribution in [0.25, 0.3) is 0 Å². The highest BCUT2D eigenvalue weighted by Crippen LogP contribution is 2.33. The number of hydrogen-bond donors (Lipinski definition) is 2. The van der Waals surface area contributed by atoms with Gasteiger partial charge in [0.25, 0.3) is 0 Å². The van der Waals surface area contributed by atoms with Crippen LogP contribution in [0.5, 0.6) is 5.75 Å². The topological polar surface area (TPSA) is 47.3 Å². The molecule has 0 saturated carbocycles. The maximum Gasteiger partial charge on any atom is 0.121 e. The summed E-state index contributed by atoms with van der Waals surface area (Å²) in [5, 5.41) is 5.63. The van der Waals surface area contributed by atoms with Gasteiger partial charge in [-0.05, 0) is 29.5 Å². The number of nitrogens with two attached hydrogens (primary N) is 1. The minimum atomic E-state index is 0.259. The minimum Gasteiger partial charge on any atom is -0.497 e. The van der Waals surface area contributed by atoms with Gasteiger partial charge in [-0.3, -0.25) is 0 Å². The van der Waals surface area contributed by atoms with Crippen molar-refractivity contribution in [2.24, 2.45) is 5.92 Å². The van der Waals surface area contributed by atoms with Gasteiger partial charge in [0, 0.05) is 10.9 Å². The highest BCUT2D eigenvalue weighted by molar-refractivity contribution is 7.10. The van der Waals surface area contributed by atoms with Crippen molar-refractivity contribution < 1.29 is 4.74 Å². The molecule has 4 heteroatoms. The second-order valence-corrected chi connectivity index (χ2v) is 5.81. The zero-order valence-electron chi connectivity index (χ0n) is 11.5. The van der Waals surface area contributed by atoms with Crippen molar-refractivity contribution in [1.29, 1.82) is 0 Å². The summed E-state index contributed by atoms with van der Waals surface area (Å²) in [6.07, 6.45) is 0. The molecule has 0 amide bonds. The monoisotopic (exact) mass is 276 g/mol. The van der Waals surface area contributed by atoms with Gasteiger partial charge in [-0.25, -0.2) is 0 Å². The first kappa shape index (κ1) is 13.7. The molecule has 0 saturated heterocycles.